The maximum absolute atomic E-state index is 9.50. The lowest BCUT2D eigenvalue weighted by Crippen LogP contribution is -1.77. The predicted molar refractivity (Wildman–Crippen MR) is 53.5 cm³/mol. The molecule has 1 heterocycles. The summed E-state index contributed by atoms with van der Waals surface area (Å²) >= 11 is 0. The van der Waals surface area contributed by atoms with Gasteiger partial charge in [0.1, 0.15) is 0 Å². The van der Waals surface area contributed by atoms with E-state index >= 15 is 0 Å². The Kier molecular flexibility index (Phi) is 3.38. The van der Waals surface area contributed by atoms with Crippen LogP contribution >= 0.6 is 0 Å². The Morgan fingerprint density at radius 3 is 2.62 bits per heavy atom. The predicted octanol–water partition coefficient (Wildman–Crippen LogP) is 3.13. The highest BCUT2D eigenvalue weighted by Gasteiger charge is 1.92. The van der Waals surface area contributed by atoms with Crippen LogP contribution in [0.25, 0.3) is 10.8 Å². The summed E-state index contributed by atoms with van der Waals surface area (Å²) in [7, 11) is 0.500. The van der Waals surface area contributed by atoms with Crippen LogP contribution in [0.3, 0.4) is 0 Å². The van der Waals surface area contributed by atoms with Gasteiger partial charge in [-0.15, -0.1) is 0 Å². The van der Waals surface area contributed by atoms with Gasteiger partial charge < -0.3 is 0 Å². The highest BCUT2D eigenvalue weighted by Crippen LogP contribution is 2.15. The molecule has 1 aromatic heterocycles. The molecule has 0 unspecified atom stereocenters. The topological polar surface area (TPSA) is 12.9 Å². The summed E-state index contributed by atoms with van der Waals surface area (Å²) in [4.78, 5) is 4.05. The molecule has 13 heavy (non-hydrogen) atoms. The third kappa shape index (κ3) is 2.02. The standard InChI is InChI=1S/C10H9N.CH3F/c1-8-3-2-4-9-7-11-6-5-10(8)9;1-2/h2-7H,1H3;1H3. The summed E-state index contributed by atoms with van der Waals surface area (Å²) in [5.74, 6) is 0. The largest absolute Gasteiger partial charge is 0.264 e. The number of hydrogen-bond donors (Lipinski definition) is 0. The van der Waals surface area contributed by atoms with Gasteiger partial charge in [-0.1, -0.05) is 18.2 Å². The van der Waals surface area contributed by atoms with Crippen LogP contribution < -0.4 is 0 Å². The van der Waals surface area contributed by atoms with Gasteiger partial charge in [-0.05, 0) is 23.9 Å². The van der Waals surface area contributed by atoms with Crippen molar-refractivity contribution in [2.45, 2.75) is 6.92 Å². The molecule has 2 heteroatoms. The van der Waals surface area contributed by atoms with E-state index in [2.05, 4.69) is 30.1 Å². The zero-order chi connectivity index (χ0) is 9.68. The van der Waals surface area contributed by atoms with Crippen molar-refractivity contribution in [3.63, 3.8) is 0 Å². The summed E-state index contributed by atoms with van der Waals surface area (Å²) in [5, 5.41) is 2.51. The van der Waals surface area contributed by atoms with Gasteiger partial charge in [0, 0.05) is 17.8 Å². The zero-order valence-electron chi connectivity index (χ0n) is 7.79. The van der Waals surface area contributed by atoms with Crippen molar-refractivity contribution in [2.24, 2.45) is 0 Å². The van der Waals surface area contributed by atoms with Crippen LogP contribution in [-0.2, 0) is 0 Å². The molecular formula is C11H12FN. The van der Waals surface area contributed by atoms with Gasteiger partial charge in [-0.3, -0.25) is 9.37 Å². The van der Waals surface area contributed by atoms with Gasteiger partial charge in [0.05, 0.1) is 7.18 Å². The summed E-state index contributed by atoms with van der Waals surface area (Å²) in [6.45, 7) is 2.11. The monoisotopic (exact) mass is 177 g/mol. The average molecular weight is 177 g/mol. The van der Waals surface area contributed by atoms with Gasteiger partial charge in [0.15, 0.2) is 0 Å². The van der Waals surface area contributed by atoms with Crippen molar-refractivity contribution in [3.05, 3.63) is 42.2 Å². The highest BCUT2D eigenvalue weighted by molar-refractivity contribution is 5.84. The van der Waals surface area contributed by atoms with E-state index < -0.39 is 0 Å². The summed E-state index contributed by atoms with van der Waals surface area (Å²) in [6, 6.07) is 8.29. The molecule has 0 saturated heterocycles. The Morgan fingerprint density at radius 2 is 1.92 bits per heavy atom. The number of hydrogen-bond acceptors (Lipinski definition) is 1. The van der Waals surface area contributed by atoms with Crippen LogP contribution in [0, 0.1) is 6.92 Å². The number of alkyl halides is 1. The molecule has 0 bridgehead atoms. The molecule has 68 valence electrons. The van der Waals surface area contributed by atoms with Crippen molar-refractivity contribution in [2.75, 3.05) is 7.18 Å². The van der Waals surface area contributed by atoms with Crippen molar-refractivity contribution < 1.29 is 4.39 Å². The maximum Gasteiger partial charge on any atom is 0.0785 e. The minimum absolute atomic E-state index is 0.500. The number of benzene rings is 1. The number of pyridine rings is 1. The maximum atomic E-state index is 9.50. The molecule has 1 aromatic carbocycles. The molecule has 0 saturated carbocycles. The Balaban J connectivity index is 0.000000396. The van der Waals surface area contributed by atoms with Crippen molar-refractivity contribution >= 4 is 10.8 Å². The molecule has 0 aliphatic heterocycles. The van der Waals surface area contributed by atoms with Gasteiger partial charge in [-0.25, -0.2) is 0 Å². The van der Waals surface area contributed by atoms with Gasteiger partial charge in [-0.2, -0.15) is 0 Å². The average Bonchev–Trinajstić information content (AvgIpc) is 2.22. The van der Waals surface area contributed by atoms with Gasteiger partial charge >= 0.3 is 0 Å². The first-order valence-corrected chi connectivity index (χ1v) is 4.05. The van der Waals surface area contributed by atoms with E-state index in [1.165, 1.54) is 16.3 Å². The Bertz CT molecular complexity index is 379. The number of fused-ring (bicyclic) bond motifs is 1. The molecule has 0 fully saturated rings. The molecule has 0 amide bonds. The van der Waals surface area contributed by atoms with Crippen LogP contribution in [0.15, 0.2) is 36.7 Å². The molecular weight excluding hydrogens is 165 g/mol. The fourth-order valence-electron chi connectivity index (χ4n) is 1.28. The minimum Gasteiger partial charge on any atom is -0.264 e. The van der Waals surface area contributed by atoms with E-state index in [0.29, 0.717) is 7.18 Å². The second-order valence-electron chi connectivity index (χ2n) is 2.67. The second-order valence-corrected chi connectivity index (χ2v) is 2.67. The molecule has 0 atom stereocenters. The van der Waals surface area contributed by atoms with E-state index in [4.69, 9.17) is 0 Å². The third-order valence-electron chi connectivity index (χ3n) is 1.90. The van der Waals surface area contributed by atoms with E-state index in [-0.39, 0.29) is 0 Å². The molecule has 0 aliphatic rings. The molecule has 2 rings (SSSR count). The summed E-state index contributed by atoms with van der Waals surface area (Å²) < 4.78 is 9.50. The quantitative estimate of drug-likeness (QED) is 0.602. The Morgan fingerprint density at radius 1 is 1.15 bits per heavy atom. The fourth-order valence-corrected chi connectivity index (χ4v) is 1.28. The number of aromatic nitrogens is 1. The number of rotatable bonds is 0. The lowest BCUT2D eigenvalue weighted by atomic mass is 10.1. The first-order valence-electron chi connectivity index (χ1n) is 4.05. The Hall–Kier alpha value is -1.44. The third-order valence-corrected chi connectivity index (χ3v) is 1.90. The first kappa shape index (κ1) is 9.65. The lowest BCUT2D eigenvalue weighted by molar-refractivity contribution is 0.636. The summed E-state index contributed by atoms with van der Waals surface area (Å²) in [6.07, 6.45) is 3.72. The summed E-state index contributed by atoms with van der Waals surface area (Å²) in [5.41, 5.74) is 1.31. The number of halogens is 1. The van der Waals surface area contributed by atoms with Gasteiger partial charge in [0.25, 0.3) is 0 Å². The van der Waals surface area contributed by atoms with Crippen LogP contribution in [0.4, 0.5) is 4.39 Å². The minimum atomic E-state index is 0.500. The SMILES string of the molecule is CF.Cc1cccc2cnccc12. The fraction of sp³-hybridized carbons (Fsp3) is 0.182. The molecule has 0 spiro atoms. The molecule has 0 N–H and O–H groups in total. The van der Waals surface area contributed by atoms with E-state index in [1.54, 1.807) is 0 Å². The van der Waals surface area contributed by atoms with Crippen LogP contribution in [0.1, 0.15) is 5.56 Å². The second kappa shape index (κ2) is 4.55. The molecule has 2 aromatic rings. The lowest BCUT2D eigenvalue weighted by Gasteiger charge is -1.98. The first-order chi connectivity index (χ1) is 6.38. The van der Waals surface area contributed by atoms with Crippen LogP contribution in [0.2, 0.25) is 0 Å². The van der Waals surface area contributed by atoms with E-state index in [1.807, 2.05) is 18.5 Å². The van der Waals surface area contributed by atoms with Crippen molar-refractivity contribution in [3.8, 4) is 0 Å². The zero-order valence-corrected chi connectivity index (χ0v) is 7.79. The van der Waals surface area contributed by atoms with Gasteiger partial charge in [0.2, 0.25) is 0 Å². The highest BCUT2D eigenvalue weighted by atomic mass is 19.1. The van der Waals surface area contributed by atoms with Crippen LogP contribution in [-0.4, -0.2) is 12.2 Å². The van der Waals surface area contributed by atoms with Crippen molar-refractivity contribution in [1.29, 1.82) is 0 Å². The molecule has 0 aliphatic carbocycles. The normalized spacial score (nSPS) is 9.15. The van der Waals surface area contributed by atoms with E-state index in [9.17, 15) is 4.39 Å². The molecule has 1 nitrogen and oxygen atoms in total. The van der Waals surface area contributed by atoms with Crippen molar-refractivity contribution in [1.82, 2.24) is 4.98 Å². The number of aryl methyl sites for hydroxylation is 1. The van der Waals surface area contributed by atoms with Crippen LogP contribution in [0.5, 0.6) is 0 Å². The smallest absolute Gasteiger partial charge is 0.0785 e. The number of nitrogens with zero attached hydrogens (tertiary/aromatic N) is 1. The molecule has 0 radical (unpaired) electrons. The Labute approximate surface area is 77.2 Å². The van der Waals surface area contributed by atoms with E-state index in [0.717, 1.165) is 0 Å².